The van der Waals surface area contributed by atoms with E-state index in [4.69, 9.17) is 0 Å². The zero-order valence-corrected chi connectivity index (χ0v) is 17.0. The van der Waals surface area contributed by atoms with Gasteiger partial charge in [-0.2, -0.15) is 0 Å². The zero-order chi connectivity index (χ0) is 20.8. The highest BCUT2D eigenvalue weighted by atomic mass is 16.3. The van der Waals surface area contributed by atoms with Gasteiger partial charge < -0.3 is 14.9 Å². The summed E-state index contributed by atoms with van der Waals surface area (Å²) < 4.78 is 0. The van der Waals surface area contributed by atoms with Crippen molar-refractivity contribution in [2.24, 2.45) is 0 Å². The maximum absolute atomic E-state index is 13.1. The molecule has 1 aliphatic rings. The Morgan fingerprint density at radius 1 is 1.03 bits per heavy atom. The highest BCUT2D eigenvalue weighted by Gasteiger charge is 2.42. The first kappa shape index (κ1) is 20.8. The van der Waals surface area contributed by atoms with Gasteiger partial charge in [-0.15, -0.1) is 0 Å². The fourth-order valence-electron chi connectivity index (χ4n) is 3.75. The van der Waals surface area contributed by atoms with Gasteiger partial charge in [-0.1, -0.05) is 60.7 Å². The predicted octanol–water partition coefficient (Wildman–Crippen LogP) is 3.54. The first-order valence-corrected chi connectivity index (χ1v) is 10.00. The summed E-state index contributed by atoms with van der Waals surface area (Å²) in [4.78, 5) is 29.6. The van der Waals surface area contributed by atoms with E-state index < -0.39 is 17.7 Å². The van der Waals surface area contributed by atoms with Crippen LogP contribution in [-0.4, -0.2) is 53.8 Å². The fourth-order valence-corrected chi connectivity index (χ4v) is 3.75. The van der Waals surface area contributed by atoms with Crippen molar-refractivity contribution in [1.82, 2.24) is 9.80 Å². The number of aliphatic hydroxyl groups is 1. The van der Waals surface area contributed by atoms with Crippen molar-refractivity contribution in [2.45, 2.75) is 25.3 Å². The predicted molar refractivity (Wildman–Crippen MR) is 113 cm³/mol. The molecule has 0 saturated carbocycles. The fraction of sp³-hybridized carbons (Fsp3) is 0.333. The van der Waals surface area contributed by atoms with Crippen molar-refractivity contribution in [1.29, 1.82) is 0 Å². The second-order valence-corrected chi connectivity index (χ2v) is 7.64. The van der Waals surface area contributed by atoms with E-state index in [0.29, 0.717) is 13.0 Å². The average molecular weight is 392 g/mol. The number of Topliss-reactive ketones (excluding diaryl/α,β-unsaturated/α-hetero) is 1. The molecule has 5 heteroatoms. The smallest absolute Gasteiger partial charge is 0.290 e. The highest BCUT2D eigenvalue weighted by Crippen LogP contribution is 2.38. The van der Waals surface area contributed by atoms with Crippen LogP contribution in [0.2, 0.25) is 0 Å². The molecule has 1 N–H and O–H groups in total. The maximum atomic E-state index is 13.1. The Balaban J connectivity index is 1.84. The Hall–Kier alpha value is -2.92. The molecule has 0 aromatic heterocycles. The van der Waals surface area contributed by atoms with Crippen LogP contribution in [0.5, 0.6) is 0 Å². The van der Waals surface area contributed by atoms with E-state index in [9.17, 15) is 14.7 Å². The lowest BCUT2D eigenvalue weighted by Gasteiger charge is -2.27. The lowest BCUT2D eigenvalue weighted by molar-refractivity contribution is -0.129. The normalized spacial score (nSPS) is 16.7. The van der Waals surface area contributed by atoms with E-state index in [1.165, 1.54) is 0 Å². The maximum Gasteiger partial charge on any atom is 0.290 e. The van der Waals surface area contributed by atoms with Gasteiger partial charge in [0.1, 0.15) is 0 Å². The van der Waals surface area contributed by atoms with E-state index in [-0.39, 0.29) is 17.8 Å². The third-order valence-corrected chi connectivity index (χ3v) is 5.21. The summed E-state index contributed by atoms with van der Waals surface area (Å²) in [5.74, 6) is -1.04. The number of rotatable bonds is 9. The van der Waals surface area contributed by atoms with Gasteiger partial charge in [0.2, 0.25) is 0 Å². The van der Waals surface area contributed by atoms with Crippen LogP contribution in [0.15, 0.2) is 72.0 Å². The number of aliphatic hydroxyl groups excluding tert-OH is 1. The van der Waals surface area contributed by atoms with Crippen molar-refractivity contribution >= 4 is 11.7 Å². The molecule has 0 spiro atoms. The van der Waals surface area contributed by atoms with Gasteiger partial charge in [0.15, 0.2) is 11.5 Å². The largest absolute Gasteiger partial charge is 0.503 e. The van der Waals surface area contributed by atoms with Gasteiger partial charge in [-0.3, -0.25) is 9.59 Å². The van der Waals surface area contributed by atoms with Crippen molar-refractivity contribution in [3.05, 3.63) is 83.1 Å². The van der Waals surface area contributed by atoms with Gasteiger partial charge in [-0.05, 0) is 44.6 Å². The molecule has 1 amide bonds. The summed E-state index contributed by atoms with van der Waals surface area (Å²) in [5, 5.41) is 10.6. The molecule has 29 heavy (non-hydrogen) atoms. The number of nitrogens with zero attached hydrogens (tertiary/aromatic N) is 2. The van der Waals surface area contributed by atoms with Crippen LogP contribution in [0, 0.1) is 0 Å². The van der Waals surface area contributed by atoms with Gasteiger partial charge >= 0.3 is 0 Å². The standard InChI is InChI=1S/C24H28N2O3/c1-25(2)16-9-17-26-22(19-12-7-4-8-13-19)21(23(28)24(26)29)20(27)15-14-18-10-5-3-6-11-18/h3-8,10-13,22,28H,9,14-17H2,1-2H3. The Morgan fingerprint density at radius 2 is 1.66 bits per heavy atom. The van der Waals surface area contributed by atoms with Crippen molar-refractivity contribution in [3.63, 3.8) is 0 Å². The molecular formula is C24H28N2O3. The molecule has 5 nitrogen and oxygen atoms in total. The van der Waals surface area contributed by atoms with Crippen LogP contribution in [0.4, 0.5) is 0 Å². The first-order chi connectivity index (χ1) is 14.0. The molecule has 0 saturated heterocycles. The number of amides is 1. The molecule has 1 aliphatic heterocycles. The van der Waals surface area contributed by atoms with Gasteiger partial charge in [0.25, 0.3) is 5.91 Å². The van der Waals surface area contributed by atoms with E-state index in [0.717, 1.165) is 24.1 Å². The number of carbonyl (C=O) groups is 2. The number of benzene rings is 2. The molecule has 152 valence electrons. The van der Waals surface area contributed by atoms with Crippen molar-refractivity contribution < 1.29 is 14.7 Å². The van der Waals surface area contributed by atoms with Crippen molar-refractivity contribution in [3.8, 4) is 0 Å². The molecule has 1 heterocycles. The summed E-state index contributed by atoms with van der Waals surface area (Å²) in [7, 11) is 3.96. The highest BCUT2D eigenvalue weighted by molar-refractivity contribution is 6.09. The molecule has 3 rings (SSSR count). The number of hydrogen-bond donors (Lipinski definition) is 1. The average Bonchev–Trinajstić information content (AvgIpc) is 2.98. The molecule has 2 aromatic rings. The zero-order valence-electron chi connectivity index (χ0n) is 17.0. The second-order valence-electron chi connectivity index (χ2n) is 7.64. The Kier molecular flexibility index (Phi) is 6.83. The van der Waals surface area contributed by atoms with E-state index in [1.807, 2.05) is 74.8 Å². The molecule has 0 bridgehead atoms. The summed E-state index contributed by atoms with van der Waals surface area (Å²) in [5.41, 5.74) is 2.13. The van der Waals surface area contributed by atoms with Gasteiger partial charge in [0, 0.05) is 13.0 Å². The molecule has 2 aromatic carbocycles. The first-order valence-electron chi connectivity index (χ1n) is 10.00. The Bertz CT molecular complexity index is 876. The van der Waals surface area contributed by atoms with E-state index in [1.54, 1.807) is 4.90 Å². The van der Waals surface area contributed by atoms with Crippen LogP contribution in [0.1, 0.15) is 30.0 Å². The number of ketones is 1. The SMILES string of the molecule is CN(C)CCCN1C(=O)C(O)=C(C(=O)CCc2ccccc2)C1c1ccccc1. The van der Waals surface area contributed by atoms with Gasteiger partial charge in [0.05, 0.1) is 11.6 Å². The third-order valence-electron chi connectivity index (χ3n) is 5.21. The number of hydrogen-bond acceptors (Lipinski definition) is 4. The van der Waals surface area contributed by atoms with Crippen LogP contribution in [0.3, 0.4) is 0 Å². The van der Waals surface area contributed by atoms with Gasteiger partial charge in [-0.25, -0.2) is 0 Å². The summed E-state index contributed by atoms with van der Waals surface area (Å²) >= 11 is 0. The van der Waals surface area contributed by atoms with Crippen LogP contribution in [-0.2, 0) is 16.0 Å². The molecule has 1 unspecified atom stereocenters. The Morgan fingerprint density at radius 3 is 2.28 bits per heavy atom. The Labute approximate surface area is 172 Å². The molecule has 1 atom stereocenters. The van der Waals surface area contributed by atoms with Crippen LogP contribution >= 0.6 is 0 Å². The van der Waals surface area contributed by atoms with E-state index in [2.05, 4.69) is 4.90 Å². The summed E-state index contributed by atoms with van der Waals surface area (Å²) in [6.07, 6.45) is 1.60. The molecule has 0 aliphatic carbocycles. The lowest BCUT2D eigenvalue weighted by atomic mass is 9.93. The lowest BCUT2D eigenvalue weighted by Crippen LogP contribution is -2.33. The van der Waals surface area contributed by atoms with Crippen LogP contribution in [0.25, 0.3) is 0 Å². The van der Waals surface area contributed by atoms with Crippen LogP contribution < -0.4 is 0 Å². The minimum absolute atomic E-state index is 0.177. The molecular weight excluding hydrogens is 364 g/mol. The minimum Gasteiger partial charge on any atom is -0.503 e. The van der Waals surface area contributed by atoms with E-state index >= 15 is 0 Å². The second kappa shape index (κ2) is 9.52. The monoisotopic (exact) mass is 392 g/mol. The summed E-state index contributed by atoms with van der Waals surface area (Å²) in [6.45, 7) is 1.30. The quantitative estimate of drug-likeness (QED) is 0.709. The molecule has 0 radical (unpaired) electrons. The topological polar surface area (TPSA) is 60.9 Å². The number of carbonyl (C=O) groups excluding carboxylic acids is 2. The van der Waals surface area contributed by atoms with Crippen molar-refractivity contribution in [2.75, 3.05) is 27.2 Å². The molecule has 0 fully saturated rings. The third kappa shape index (κ3) is 4.93. The minimum atomic E-state index is -0.533. The number of aryl methyl sites for hydroxylation is 1. The summed E-state index contributed by atoms with van der Waals surface area (Å²) in [6, 6.07) is 18.7.